The van der Waals surface area contributed by atoms with Crippen LogP contribution in [0.15, 0.2) is 36.5 Å². The lowest BCUT2D eigenvalue weighted by Gasteiger charge is -2.28. The van der Waals surface area contributed by atoms with Crippen molar-refractivity contribution in [3.63, 3.8) is 0 Å². The Labute approximate surface area is 155 Å². The van der Waals surface area contributed by atoms with Crippen molar-refractivity contribution in [3.8, 4) is 5.75 Å². The molecule has 2 saturated heterocycles. The predicted octanol–water partition coefficient (Wildman–Crippen LogP) is 3.64. The van der Waals surface area contributed by atoms with E-state index in [4.69, 9.17) is 9.47 Å². The third kappa shape index (κ3) is 3.71. The highest BCUT2D eigenvalue weighted by molar-refractivity contribution is 5.52. The highest BCUT2D eigenvalue weighted by Gasteiger charge is 2.31. The SMILES string of the molecule is O=[N+]([O-])c1ccc(N2CCCC2c2cc(F)ccc2O[C@@H]2CCOC2)cn1. The number of rotatable bonds is 5. The molecule has 2 atom stereocenters. The molecule has 8 heteroatoms. The molecule has 3 heterocycles. The van der Waals surface area contributed by atoms with Crippen LogP contribution in [0.4, 0.5) is 15.9 Å². The maximum atomic E-state index is 14.0. The number of nitrogens with zero attached hydrogens (tertiary/aromatic N) is 3. The number of hydrogen-bond donors (Lipinski definition) is 0. The molecule has 2 aliphatic heterocycles. The van der Waals surface area contributed by atoms with Gasteiger partial charge in [-0.15, -0.1) is 0 Å². The quantitative estimate of drug-likeness (QED) is 0.588. The van der Waals surface area contributed by atoms with Crippen LogP contribution >= 0.6 is 0 Å². The molecule has 1 aromatic carbocycles. The topological polar surface area (TPSA) is 77.7 Å². The van der Waals surface area contributed by atoms with Crippen LogP contribution in [-0.2, 0) is 4.74 Å². The molecule has 0 bridgehead atoms. The molecule has 0 saturated carbocycles. The molecule has 2 aromatic rings. The molecule has 2 fully saturated rings. The maximum absolute atomic E-state index is 14.0. The molecule has 2 aliphatic rings. The van der Waals surface area contributed by atoms with Gasteiger partial charge in [-0.3, -0.25) is 0 Å². The maximum Gasteiger partial charge on any atom is 0.363 e. The molecule has 4 rings (SSSR count). The second-order valence-corrected chi connectivity index (χ2v) is 6.77. The Bertz CT molecular complexity index is 824. The van der Waals surface area contributed by atoms with Crippen molar-refractivity contribution in [1.29, 1.82) is 0 Å². The van der Waals surface area contributed by atoms with Gasteiger partial charge in [0.2, 0.25) is 0 Å². The number of halogens is 1. The number of hydrogen-bond acceptors (Lipinski definition) is 6. The lowest BCUT2D eigenvalue weighted by atomic mass is 10.0. The van der Waals surface area contributed by atoms with Gasteiger partial charge in [0.1, 0.15) is 17.7 Å². The molecule has 0 spiro atoms. The van der Waals surface area contributed by atoms with Gasteiger partial charge in [0, 0.05) is 24.6 Å². The summed E-state index contributed by atoms with van der Waals surface area (Å²) in [6.45, 7) is 1.98. The van der Waals surface area contributed by atoms with Crippen LogP contribution in [0.3, 0.4) is 0 Å². The van der Waals surface area contributed by atoms with Gasteiger partial charge in [0.25, 0.3) is 0 Å². The fraction of sp³-hybridized carbons (Fsp3) is 0.421. The number of pyridine rings is 1. The van der Waals surface area contributed by atoms with Gasteiger partial charge in [-0.1, -0.05) is 0 Å². The molecule has 0 aliphatic carbocycles. The Morgan fingerprint density at radius 3 is 2.89 bits per heavy atom. The molecule has 142 valence electrons. The van der Waals surface area contributed by atoms with E-state index in [0.29, 0.717) is 19.0 Å². The molecule has 0 amide bonds. The van der Waals surface area contributed by atoms with Crippen molar-refractivity contribution in [1.82, 2.24) is 4.98 Å². The number of aromatic nitrogens is 1. The van der Waals surface area contributed by atoms with Gasteiger partial charge in [-0.2, -0.15) is 0 Å². The van der Waals surface area contributed by atoms with Gasteiger partial charge in [0.05, 0.1) is 24.9 Å². The van der Waals surface area contributed by atoms with E-state index in [9.17, 15) is 14.5 Å². The van der Waals surface area contributed by atoms with Crippen LogP contribution in [0.5, 0.6) is 5.75 Å². The monoisotopic (exact) mass is 373 g/mol. The van der Waals surface area contributed by atoms with Crippen LogP contribution in [0, 0.1) is 15.9 Å². The van der Waals surface area contributed by atoms with Crippen molar-refractivity contribution < 1.29 is 18.8 Å². The lowest BCUT2D eigenvalue weighted by Crippen LogP contribution is -2.24. The van der Waals surface area contributed by atoms with Crippen molar-refractivity contribution in [2.75, 3.05) is 24.7 Å². The summed E-state index contributed by atoms with van der Waals surface area (Å²) >= 11 is 0. The van der Waals surface area contributed by atoms with Gasteiger partial charge in [0.15, 0.2) is 6.20 Å². The van der Waals surface area contributed by atoms with Crippen molar-refractivity contribution in [2.24, 2.45) is 0 Å². The van der Waals surface area contributed by atoms with E-state index >= 15 is 0 Å². The summed E-state index contributed by atoms with van der Waals surface area (Å²) < 4.78 is 25.5. The minimum atomic E-state index is -0.520. The average Bonchev–Trinajstić information content (AvgIpc) is 3.35. The van der Waals surface area contributed by atoms with E-state index in [0.717, 1.165) is 37.1 Å². The van der Waals surface area contributed by atoms with Gasteiger partial charge in [-0.05, 0) is 47.0 Å². The van der Waals surface area contributed by atoms with Crippen molar-refractivity contribution in [2.45, 2.75) is 31.4 Å². The van der Waals surface area contributed by atoms with E-state index < -0.39 is 4.92 Å². The zero-order valence-corrected chi connectivity index (χ0v) is 14.7. The van der Waals surface area contributed by atoms with Gasteiger partial charge in [-0.25, -0.2) is 4.39 Å². The summed E-state index contributed by atoms with van der Waals surface area (Å²) in [5.41, 5.74) is 1.57. The summed E-state index contributed by atoms with van der Waals surface area (Å²) in [6, 6.07) is 7.61. The largest absolute Gasteiger partial charge is 0.488 e. The first-order valence-corrected chi connectivity index (χ1v) is 9.03. The van der Waals surface area contributed by atoms with Crippen LogP contribution in [0.25, 0.3) is 0 Å². The van der Waals surface area contributed by atoms with E-state index in [1.165, 1.54) is 24.4 Å². The van der Waals surface area contributed by atoms with Crippen LogP contribution < -0.4 is 9.64 Å². The summed E-state index contributed by atoms with van der Waals surface area (Å²) in [5.74, 6) is 0.165. The van der Waals surface area contributed by atoms with E-state index in [1.54, 1.807) is 12.1 Å². The Morgan fingerprint density at radius 1 is 1.30 bits per heavy atom. The predicted molar refractivity (Wildman–Crippen MR) is 96.5 cm³/mol. The Hall–Kier alpha value is -2.74. The standard InChI is InChI=1S/C19H20FN3O4/c20-13-3-5-18(27-15-7-9-26-12-15)16(10-13)17-2-1-8-22(17)14-4-6-19(21-11-14)23(24)25/h3-6,10-11,15,17H,1-2,7-9,12H2/t15-,17?/m1/s1. The molecule has 7 nitrogen and oxygen atoms in total. The number of anilines is 1. The van der Waals surface area contributed by atoms with Crippen molar-refractivity contribution in [3.05, 3.63) is 58.0 Å². The molecule has 27 heavy (non-hydrogen) atoms. The first kappa shape index (κ1) is 17.7. The molecule has 1 aromatic heterocycles. The highest BCUT2D eigenvalue weighted by atomic mass is 19.1. The van der Waals surface area contributed by atoms with Gasteiger partial charge < -0.3 is 24.5 Å². The minimum Gasteiger partial charge on any atom is -0.488 e. The highest BCUT2D eigenvalue weighted by Crippen LogP contribution is 2.40. The molecule has 1 unspecified atom stereocenters. The average molecular weight is 373 g/mol. The minimum absolute atomic E-state index is 0.0231. The zero-order valence-electron chi connectivity index (χ0n) is 14.7. The number of nitro groups is 1. The van der Waals surface area contributed by atoms with E-state index in [2.05, 4.69) is 9.88 Å². The van der Waals surface area contributed by atoms with Crippen LogP contribution in [0.2, 0.25) is 0 Å². The summed E-state index contributed by atoms with van der Waals surface area (Å²) in [6.07, 6.45) is 4.07. The molecular formula is C19H20FN3O4. The number of benzene rings is 1. The first-order valence-electron chi connectivity index (χ1n) is 9.03. The third-order valence-corrected chi connectivity index (χ3v) is 5.02. The van der Waals surface area contributed by atoms with Gasteiger partial charge >= 0.3 is 5.82 Å². The fourth-order valence-corrected chi connectivity index (χ4v) is 3.73. The lowest BCUT2D eigenvalue weighted by molar-refractivity contribution is -0.389. The molecule has 0 radical (unpaired) electrons. The summed E-state index contributed by atoms with van der Waals surface area (Å²) in [5, 5.41) is 10.8. The zero-order chi connectivity index (χ0) is 18.8. The second-order valence-electron chi connectivity index (χ2n) is 6.77. The smallest absolute Gasteiger partial charge is 0.363 e. The molecular weight excluding hydrogens is 353 g/mol. The Kier molecular flexibility index (Phi) is 4.89. The fourth-order valence-electron chi connectivity index (χ4n) is 3.73. The first-order chi connectivity index (χ1) is 13.1. The van der Waals surface area contributed by atoms with E-state index in [-0.39, 0.29) is 23.8 Å². The molecule has 0 N–H and O–H groups in total. The third-order valence-electron chi connectivity index (χ3n) is 5.02. The second kappa shape index (κ2) is 7.48. The normalized spacial score (nSPS) is 22.2. The van der Waals surface area contributed by atoms with E-state index in [1.807, 2.05) is 0 Å². The number of ether oxygens (including phenoxy) is 2. The van der Waals surface area contributed by atoms with Crippen molar-refractivity contribution >= 4 is 11.5 Å². The summed E-state index contributed by atoms with van der Waals surface area (Å²) in [4.78, 5) is 16.3. The van der Waals surface area contributed by atoms with Crippen LogP contribution in [-0.4, -0.2) is 35.8 Å². The summed E-state index contributed by atoms with van der Waals surface area (Å²) in [7, 11) is 0. The Balaban J connectivity index is 1.62. The van der Waals surface area contributed by atoms with Crippen LogP contribution in [0.1, 0.15) is 30.9 Å². The Morgan fingerprint density at radius 2 is 2.19 bits per heavy atom.